The van der Waals surface area contributed by atoms with Crippen LogP contribution in [0.15, 0.2) is 35.3 Å². The molecule has 0 aliphatic heterocycles. The maximum atomic E-state index is 11.7. The summed E-state index contributed by atoms with van der Waals surface area (Å²) in [6.07, 6.45) is 0.976. The van der Waals surface area contributed by atoms with Crippen LogP contribution in [-0.4, -0.2) is 70.3 Å². The van der Waals surface area contributed by atoms with Gasteiger partial charge in [-0.2, -0.15) is 0 Å². The number of amides is 1. The van der Waals surface area contributed by atoms with E-state index >= 15 is 0 Å². The van der Waals surface area contributed by atoms with Gasteiger partial charge in [-0.15, -0.1) is 0 Å². The molecule has 0 saturated carbocycles. The first-order valence-electron chi connectivity index (χ1n) is 9.01. The Hall–Kier alpha value is -2.12. The van der Waals surface area contributed by atoms with E-state index in [1.165, 1.54) is 5.56 Å². The lowest BCUT2D eigenvalue weighted by Gasteiger charge is -2.25. The Bertz CT molecular complexity index is 536. The first kappa shape index (κ1) is 21.9. The van der Waals surface area contributed by atoms with Gasteiger partial charge in [-0.25, -0.2) is 0 Å². The second-order valence-corrected chi connectivity index (χ2v) is 6.23. The van der Waals surface area contributed by atoms with E-state index in [0.29, 0.717) is 25.2 Å². The molecule has 1 unspecified atom stereocenters. The van der Waals surface area contributed by atoms with Gasteiger partial charge in [0.05, 0.1) is 13.2 Å². The molecular weight excluding hydrogens is 330 g/mol. The van der Waals surface area contributed by atoms with Crippen molar-refractivity contribution in [1.82, 2.24) is 20.9 Å². The zero-order chi connectivity index (χ0) is 19.2. The van der Waals surface area contributed by atoms with Crippen LogP contribution in [0.5, 0.6) is 0 Å². The summed E-state index contributed by atoms with van der Waals surface area (Å²) < 4.78 is 4.90. The molecule has 1 aromatic carbocycles. The van der Waals surface area contributed by atoms with Crippen molar-refractivity contribution in [1.29, 1.82) is 0 Å². The molecule has 1 amide bonds. The molecule has 7 nitrogen and oxygen atoms in total. The summed E-state index contributed by atoms with van der Waals surface area (Å²) in [4.78, 5) is 18.1. The van der Waals surface area contributed by atoms with Gasteiger partial charge in [0, 0.05) is 39.8 Å². The predicted molar refractivity (Wildman–Crippen MR) is 106 cm³/mol. The SMILES string of the molecule is CN=C(NCCC(C)N(C)Cc1ccccc1)NCC(=O)NCCOC. The van der Waals surface area contributed by atoms with Crippen molar-refractivity contribution in [3.05, 3.63) is 35.9 Å². The average molecular weight is 364 g/mol. The highest BCUT2D eigenvalue weighted by Crippen LogP contribution is 2.07. The van der Waals surface area contributed by atoms with Crippen molar-refractivity contribution < 1.29 is 9.53 Å². The van der Waals surface area contributed by atoms with E-state index in [1.54, 1.807) is 14.2 Å². The molecule has 1 atom stereocenters. The molecule has 3 N–H and O–H groups in total. The average Bonchev–Trinajstić information content (AvgIpc) is 2.65. The number of ether oxygens (including phenoxy) is 1. The number of benzene rings is 1. The predicted octanol–water partition coefficient (Wildman–Crippen LogP) is 0.825. The fourth-order valence-electron chi connectivity index (χ4n) is 2.39. The van der Waals surface area contributed by atoms with Gasteiger partial charge in [0.2, 0.25) is 5.91 Å². The highest BCUT2D eigenvalue weighted by atomic mass is 16.5. The van der Waals surface area contributed by atoms with Crippen LogP contribution in [0.3, 0.4) is 0 Å². The van der Waals surface area contributed by atoms with E-state index in [1.807, 2.05) is 6.07 Å². The molecule has 146 valence electrons. The Kier molecular flexibility index (Phi) is 11.1. The number of methoxy groups -OCH3 is 1. The Labute approximate surface area is 157 Å². The van der Waals surface area contributed by atoms with Crippen LogP contribution in [0.25, 0.3) is 0 Å². The minimum absolute atomic E-state index is 0.0824. The lowest BCUT2D eigenvalue weighted by molar-refractivity contribution is -0.120. The third-order valence-corrected chi connectivity index (χ3v) is 4.15. The topological polar surface area (TPSA) is 78.0 Å². The normalized spacial score (nSPS) is 12.7. The van der Waals surface area contributed by atoms with Crippen molar-refractivity contribution >= 4 is 11.9 Å². The van der Waals surface area contributed by atoms with E-state index in [4.69, 9.17) is 4.74 Å². The number of nitrogens with one attached hydrogen (secondary N) is 3. The second-order valence-electron chi connectivity index (χ2n) is 6.23. The maximum Gasteiger partial charge on any atom is 0.239 e. The van der Waals surface area contributed by atoms with Gasteiger partial charge in [0.15, 0.2) is 5.96 Å². The van der Waals surface area contributed by atoms with Crippen LogP contribution >= 0.6 is 0 Å². The summed E-state index contributed by atoms with van der Waals surface area (Å²) in [6.45, 7) is 5.13. The first-order chi connectivity index (χ1) is 12.6. The van der Waals surface area contributed by atoms with Crippen LogP contribution in [0.4, 0.5) is 0 Å². The summed E-state index contributed by atoms with van der Waals surface area (Å²) in [6, 6.07) is 10.9. The lowest BCUT2D eigenvalue weighted by Crippen LogP contribution is -2.44. The largest absolute Gasteiger partial charge is 0.383 e. The Morgan fingerprint density at radius 1 is 1.19 bits per heavy atom. The molecule has 0 aliphatic rings. The quantitative estimate of drug-likeness (QED) is 0.308. The summed E-state index contributed by atoms with van der Waals surface area (Å²) in [7, 11) is 5.44. The minimum atomic E-state index is -0.0824. The molecule has 0 heterocycles. The third kappa shape index (κ3) is 9.39. The fourth-order valence-corrected chi connectivity index (χ4v) is 2.39. The molecule has 0 bridgehead atoms. The van der Waals surface area contributed by atoms with Crippen LogP contribution in [-0.2, 0) is 16.1 Å². The van der Waals surface area contributed by atoms with Gasteiger partial charge < -0.3 is 20.7 Å². The summed E-state index contributed by atoms with van der Waals surface area (Å²) >= 11 is 0. The number of hydrogen-bond donors (Lipinski definition) is 3. The molecule has 1 aromatic rings. The molecular formula is C19H33N5O2. The summed E-state index contributed by atoms with van der Waals surface area (Å²) in [5.41, 5.74) is 1.31. The molecule has 1 rings (SSSR count). The van der Waals surface area contributed by atoms with Gasteiger partial charge in [-0.05, 0) is 26.0 Å². The van der Waals surface area contributed by atoms with Gasteiger partial charge in [0.1, 0.15) is 0 Å². The zero-order valence-corrected chi connectivity index (χ0v) is 16.4. The van der Waals surface area contributed by atoms with Crippen molar-refractivity contribution in [3.63, 3.8) is 0 Å². The molecule has 0 spiro atoms. The van der Waals surface area contributed by atoms with E-state index in [2.05, 4.69) is 64.1 Å². The van der Waals surface area contributed by atoms with Crippen LogP contribution in [0.2, 0.25) is 0 Å². The minimum Gasteiger partial charge on any atom is -0.383 e. The molecule has 0 aromatic heterocycles. The number of nitrogens with zero attached hydrogens (tertiary/aromatic N) is 2. The van der Waals surface area contributed by atoms with Crippen molar-refractivity contribution in [2.24, 2.45) is 4.99 Å². The number of guanidine groups is 1. The van der Waals surface area contributed by atoms with Gasteiger partial charge >= 0.3 is 0 Å². The Morgan fingerprint density at radius 2 is 1.92 bits per heavy atom. The number of rotatable bonds is 11. The maximum absolute atomic E-state index is 11.7. The lowest BCUT2D eigenvalue weighted by atomic mass is 10.1. The third-order valence-electron chi connectivity index (χ3n) is 4.15. The number of aliphatic imine (C=N–C) groups is 1. The number of hydrogen-bond acceptors (Lipinski definition) is 4. The van der Waals surface area contributed by atoms with E-state index < -0.39 is 0 Å². The molecule has 0 fully saturated rings. The standard InChI is InChI=1S/C19H33N5O2/c1-16(24(3)15-17-8-6-5-7-9-17)10-11-22-19(20-2)23-14-18(25)21-12-13-26-4/h5-9,16H,10-15H2,1-4H3,(H,21,25)(H2,20,22,23). The fraction of sp³-hybridized carbons (Fsp3) is 0.579. The van der Waals surface area contributed by atoms with Gasteiger partial charge in [-0.3, -0.25) is 14.7 Å². The highest BCUT2D eigenvalue weighted by Gasteiger charge is 2.10. The van der Waals surface area contributed by atoms with Crippen LogP contribution in [0.1, 0.15) is 18.9 Å². The van der Waals surface area contributed by atoms with Crippen molar-refractivity contribution in [3.8, 4) is 0 Å². The second kappa shape index (κ2) is 13.1. The summed E-state index contributed by atoms with van der Waals surface area (Å²) in [5, 5.41) is 9.02. The molecule has 0 radical (unpaired) electrons. The van der Waals surface area contributed by atoms with Gasteiger partial charge in [-0.1, -0.05) is 30.3 Å². The Balaban J connectivity index is 2.23. The van der Waals surface area contributed by atoms with E-state index in [0.717, 1.165) is 19.5 Å². The molecule has 26 heavy (non-hydrogen) atoms. The number of carbonyl (C=O) groups excluding carboxylic acids is 1. The smallest absolute Gasteiger partial charge is 0.239 e. The van der Waals surface area contributed by atoms with E-state index in [9.17, 15) is 4.79 Å². The monoisotopic (exact) mass is 363 g/mol. The molecule has 0 saturated heterocycles. The first-order valence-corrected chi connectivity index (χ1v) is 9.01. The Morgan fingerprint density at radius 3 is 2.58 bits per heavy atom. The molecule has 7 heteroatoms. The molecule has 0 aliphatic carbocycles. The van der Waals surface area contributed by atoms with Crippen LogP contribution < -0.4 is 16.0 Å². The van der Waals surface area contributed by atoms with Crippen molar-refractivity contribution in [2.45, 2.75) is 25.9 Å². The van der Waals surface area contributed by atoms with Crippen LogP contribution in [0, 0.1) is 0 Å². The van der Waals surface area contributed by atoms with E-state index in [-0.39, 0.29) is 12.5 Å². The van der Waals surface area contributed by atoms with Gasteiger partial charge in [0.25, 0.3) is 0 Å². The highest BCUT2D eigenvalue weighted by molar-refractivity contribution is 5.86. The summed E-state index contributed by atoms with van der Waals surface area (Å²) in [5.74, 6) is 0.547. The zero-order valence-electron chi connectivity index (χ0n) is 16.4. The van der Waals surface area contributed by atoms with Crippen molar-refractivity contribution in [2.75, 3.05) is 47.4 Å². The number of carbonyl (C=O) groups is 1.